The molecule has 0 aliphatic heterocycles. The van der Waals surface area contributed by atoms with Crippen molar-refractivity contribution in [1.82, 2.24) is 9.97 Å². The van der Waals surface area contributed by atoms with Crippen molar-refractivity contribution in [2.45, 2.75) is 6.92 Å². The fourth-order valence-electron chi connectivity index (χ4n) is 1.52. The molecule has 0 aromatic carbocycles. The fourth-order valence-corrected chi connectivity index (χ4v) is 1.65. The highest BCUT2D eigenvalue weighted by Crippen LogP contribution is 2.32. The molecule has 0 aliphatic rings. The molecule has 0 aliphatic carbocycles. The molecule has 0 fully saturated rings. The number of pyridine rings is 1. The largest absolute Gasteiger partial charge is 0.480 e. The highest BCUT2D eigenvalue weighted by atomic mass is 35.5. The van der Waals surface area contributed by atoms with Crippen LogP contribution in [-0.2, 0) is 0 Å². The highest BCUT2D eigenvalue weighted by Gasteiger charge is 2.14. The zero-order valence-corrected chi connectivity index (χ0v) is 9.60. The minimum absolute atomic E-state index is 0.190. The second-order valence-corrected chi connectivity index (χ2v) is 3.71. The maximum Gasteiger partial charge on any atom is 0.224 e. The van der Waals surface area contributed by atoms with E-state index < -0.39 is 5.82 Å². The van der Waals surface area contributed by atoms with Crippen LogP contribution in [0.5, 0.6) is 5.88 Å². The predicted molar refractivity (Wildman–Crippen MR) is 60.3 cm³/mol. The number of H-pyrrole nitrogens is 1. The van der Waals surface area contributed by atoms with E-state index in [1.54, 1.807) is 6.20 Å². The number of hydrogen-bond acceptors (Lipinski definition) is 2. The monoisotopic (exact) mass is 240 g/mol. The summed E-state index contributed by atoms with van der Waals surface area (Å²) in [5.41, 5.74) is 2.33. The number of methoxy groups -OCH3 is 1. The lowest BCUT2D eigenvalue weighted by Gasteiger charge is -2.08. The molecule has 1 N–H and O–H groups in total. The van der Waals surface area contributed by atoms with Crippen molar-refractivity contribution < 1.29 is 9.13 Å². The Labute approximate surface area is 97.2 Å². The maximum atomic E-state index is 13.4. The topological polar surface area (TPSA) is 37.9 Å². The first kappa shape index (κ1) is 11.0. The van der Waals surface area contributed by atoms with E-state index in [0.717, 1.165) is 11.3 Å². The Kier molecular flexibility index (Phi) is 2.83. The number of rotatable bonds is 2. The van der Waals surface area contributed by atoms with Crippen molar-refractivity contribution in [2.24, 2.45) is 0 Å². The van der Waals surface area contributed by atoms with Gasteiger partial charge in [0, 0.05) is 6.20 Å². The summed E-state index contributed by atoms with van der Waals surface area (Å²) in [5, 5.41) is -0.190. The summed E-state index contributed by atoms with van der Waals surface area (Å²) in [6.07, 6.45) is 1.77. The molecule has 2 aromatic heterocycles. The number of halogens is 2. The van der Waals surface area contributed by atoms with Crippen molar-refractivity contribution in [3.05, 3.63) is 34.9 Å². The molecule has 0 spiro atoms. The van der Waals surface area contributed by atoms with E-state index in [9.17, 15) is 4.39 Å². The smallest absolute Gasteiger partial charge is 0.224 e. The van der Waals surface area contributed by atoms with Crippen molar-refractivity contribution in [1.29, 1.82) is 0 Å². The van der Waals surface area contributed by atoms with E-state index in [0.29, 0.717) is 11.4 Å². The van der Waals surface area contributed by atoms with Crippen LogP contribution in [0.3, 0.4) is 0 Å². The third kappa shape index (κ3) is 1.76. The van der Waals surface area contributed by atoms with Crippen LogP contribution < -0.4 is 4.74 Å². The van der Waals surface area contributed by atoms with Gasteiger partial charge in [-0.15, -0.1) is 0 Å². The van der Waals surface area contributed by atoms with Crippen LogP contribution in [0.2, 0.25) is 5.15 Å². The van der Waals surface area contributed by atoms with Crippen LogP contribution in [0.4, 0.5) is 4.39 Å². The van der Waals surface area contributed by atoms with Crippen LogP contribution in [0, 0.1) is 12.7 Å². The standard InChI is InChI=1S/C11H10ClFN2O/c1-6-3-4-14-9(6)7-5-8(13)10(12)15-11(7)16-2/h3-5,14H,1-2H3. The first-order chi connectivity index (χ1) is 7.63. The van der Waals surface area contributed by atoms with E-state index in [1.165, 1.54) is 13.2 Å². The van der Waals surface area contributed by atoms with Crippen molar-refractivity contribution in [3.63, 3.8) is 0 Å². The molecule has 84 valence electrons. The molecule has 16 heavy (non-hydrogen) atoms. The van der Waals surface area contributed by atoms with Crippen LogP contribution in [0.1, 0.15) is 5.56 Å². The quantitative estimate of drug-likeness (QED) is 0.819. The predicted octanol–water partition coefficient (Wildman–Crippen LogP) is 3.19. The second kappa shape index (κ2) is 4.14. The van der Waals surface area contributed by atoms with Gasteiger partial charge in [0.2, 0.25) is 5.88 Å². The first-order valence-electron chi connectivity index (χ1n) is 4.68. The number of ether oxygens (including phenoxy) is 1. The molecule has 0 atom stereocenters. The van der Waals surface area contributed by atoms with E-state index in [-0.39, 0.29) is 5.15 Å². The number of aryl methyl sites for hydroxylation is 1. The molecule has 2 rings (SSSR count). The molecule has 3 nitrogen and oxygen atoms in total. The lowest BCUT2D eigenvalue weighted by atomic mass is 10.1. The molecule has 0 bridgehead atoms. The van der Waals surface area contributed by atoms with Crippen LogP contribution in [-0.4, -0.2) is 17.1 Å². The zero-order valence-electron chi connectivity index (χ0n) is 8.84. The van der Waals surface area contributed by atoms with Crippen LogP contribution in [0.25, 0.3) is 11.3 Å². The Morgan fingerprint density at radius 3 is 2.81 bits per heavy atom. The lowest BCUT2D eigenvalue weighted by molar-refractivity contribution is 0.397. The number of aromatic nitrogens is 2. The van der Waals surface area contributed by atoms with Crippen molar-refractivity contribution in [3.8, 4) is 17.1 Å². The lowest BCUT2D eigenvalue weighted by Crippen LogP contribution is -1.95. The van der Waals surface area contributed by atoms with E-state index >= 15 is 0 Å². The minimum atomic E-state index is -0.563. The molecule has 0 saturated heterocycles. The normalized spacial score (nSPS) is 10.5. The van der Waals surface area contributed by atoms with Gasteiger partial charge in [-0.3, -0.25) is 0 Å². The van der Waals surface area contributed by atoms with Crippen LogP contribution >= 0.6 is 11.6 Å². The molecule has 0 unspecified atom stereocenters. The van der Waals surface area contributed by atoms with Gasteiger partial charge in [-0.05, 0) is 24.6 Å². The molecular formula is C11H10ClFN2O. The molecule has 0 radical (unpaired) electrons. The second-order valence-electron chi connectivity index (χ2n) is 3.35. The van der Waals surface area contributed by atoms with Gasteiger partial charge in [-0.2, -0.15) is 4.98 Å². The Morgan fingerprint density at radius 1 is 1.50 bits per heavy atom. The minimum Gasteiger partial charge on any atom is -0.480 e. The molecule has 2 heterocycles. The van der Waals surface area contributed by atoms with E-state index in [4.69, 9.17) is 16.3 Å². The Morgan fingerprint density at radius 2 is 2.25 bits per heavy atom. The third-order valence-electron chi connectivity index (χ3n) is 2.32. The zero-order chi connectivity index (χ0) is 11.7. The molecular weight excluding hydrogens is 231 g/mol. The summed E-state index contributed by atoms with van der Waals surface area (Å²) in [6, 6.07) is 3.20. The first-order valence-corrected chi connectivity index (χ1v) is 5.05. The number of nitrogens with zero attached hydrogens (tertiary/aromatic N) is 1. The molecule has 0 saturated carbocycles. The van der Waals surface area contributed by atoms with E-state index in [1.807, 2.05) is 13.0 Å². The summed E-state index contributed by atoms with van der Waals surface area (Å²) in [4.78, 5) is 6.85. The van der Waals surface area contributed by atoms with Gasteiger partial charge in [0.05, 0.1) is 18.4 Å². The van der Waals surface area contributed by atoms with Crippen molar-refractivity contribution >= 4 is 11.6 Å². The summed E-state index contributed by atoms with van der Waals surface area (Å²) in [6.45, 7) is 1.91. The van der Waals surface area contributed by atoms with Gasteiger partial charge in [-0.25, -0.2) is 4.39 Å². The van der Waals surface area contributed by atoms with Gasteiger partial charge in [0.15, 0.2) is 11.0 Å². The number of nitrogens with one attached hydrogen (secondary N) is 1. The summed E-state index contributed by atoms with van der Waals surface area (Å²) >= 11 is 5.59. The van der Waals surface area contributed by atoms with Gasteiger partial charge >= 0.3 is 0 Å². The SMILES string of the molecule is COc1nc(Cl)c(F)cc1-c1[nH]ccc1C. The van der Waals surface area contributed by atoms with Crippen LogP contribution in [0.15, 0.2) is 18.3 Å². The number of hydrogen-bond donors (Lipinski definition) is 1. The maximum absolute atomic E-state index is 13.4. The average Bonchev–Trinajstić information content (AvgIpc) is 2.68. The molecule has 5 heteroatoms. The van der Waals surface area contributed by atoms with Gasteiger partial charge in [0.1, 0.15) is 0 Å². The summed E-state index contributed by atoms with van der Waals surface area (Å²) in [5.74, 6) is -0.261. The van der Waals surface area contributed by atoms with Gasteiger partial charge in [-0.1, -0.05) is 11.6 Å². The Hall–Kier alpha value is -1.55. The Balaban J connectivity index is 2.64. The van der Waals surface area contributed by atoms with Gasteiger partial charge < -0.3 is 9.72 Å². The Bertz CT molecular complexity index is 525. The number of aromatic amines is 1. The van der Waals surface area contributed by atoms with Gasteiger partial charge in [0.25, 0.3) is 0 Å². The fraction of sp³-hybridized carbons (Fsp3) is 0.182. The summed E-state index contributed by atoms with van der Waals surface area (Å²) in [7, 11) is 1.47. The molecule has 0 amide bonds. The van der Waals surface area contributed by atoms with Crippen molar-refractivity contribution in [2.75, 3.05) is 7.11 Å². The average molecular weight is 241 g/mol. The van der Waals surface area contributed by atoms with E-state index in [2.05, 4.69) is 9.97 Å². The highest BCUT2D eigenvalue weighted by molar-refractivity contribution is 6.29. The molecule has 2 aromatic rings. The third-order valence-corrected chi connectivity index (χ3v) is 2.58. The summed E-state index contributed by atoms with van der Waals surface area (Å²) < 4.78 is 18.4.